The Morgan fingerprint density at radius 2 is 2.25 bits per heavy atom. The first-order valence-corrected chi connectivity index (χ1v) is 3.81. The van der Waals surface area contributed by atoms with Crippen molar-refractivity contribution < 1.29 is 9.13 Å². The Hall–Kier alpha value is -0.890. The number of hydrogen-bond donors (Lipinski definition) is 0. The van der Waals surface area contributed by atoms with E-state index in [1.54, 1.807) is 13.2 Å². The van der Waals surface area contributed by atoms with Gasteiger partial charge in [-0.3, -0.25) is 0 Å². The molecule has 0 aromatic heterocycles. The highest BCUT2D eigenvalue weighted by Gasteiger charge is 2.05. The molecule has 0 amide bonds. The SMILES string of the molecule is COC[C](C)c1cccc(F)c1. The molecule has 1 nitrogen and oxygen atoms in total. The zero-order chi connectivity index (χ0) is 8.97. The van der Waals surface area contributed by atoms with Crippen LogP contribution >= 0.6 is 0 Å². The van der Waals surface area contributed by atoms with Crippen molar-refractivity contribution in [1.82, 2.24) is 0 Å². The maximum atomic E-state index is 12.7. The van der Waals surface area contributed by atoms with Crippen LogP contribution in [0.5, 0.6) is 0 Å². The third kappa shape index (κ3) is 2.31. The molecule has 0 aliphatic heterocycles. The number of hydrogen-bond acceptors (Lipinski definition) is 1. The van der Waals surface area contributed by atoms with Crippen LogP contribution in [0.15, 0.2) is 24.3 Å². The van der Waals surface area contributed by atoms with Gasteiger partial charge in [0.1, 0.15) is 5.82 Å². The number of rotatable bonds is 3. The number of halogens is 1. The lowest BCUT2D eigenvalue weighted by molar-refractivity contribution is 0.214. The van der Waals surface area contributed by atoms with Gasteiger partial charge < -0.3 is 4.74 Å². The van der Waals surface area contributed by atoms with E-state index in [1.807, 2.05) is 13.0 Å². The Bertz CT molecular complexity index is 247. The predicted molar refractivity (Wildman–Crippen MR) is 46.3 cm³/mol. The van der Waals surface area contributed by atoms with Gasteiger partial charge in [-0.05, 0) is 17.7 Å². The molecule has 0 saturated carbocycles. The van der Waals surface area contributed by atoms with Gasteiger partial charge in [0.15, 0.2) is 0 Å². The third-order valence-electron chi connectivity index (χ3n) is 1.68. The molecule has 65 valence electrons. The van der Waals surface area contributed by atoms with Gasteiger partial charge in [0.05, 0.1) is 6.61 Å². The fraction of sp³-hybridized carbons (Fsp3) is 0.300. The van der Waals surface area contributed by atoms with Gasteiger partial charge >= 0.3 is 0 Å². The Kier molecular flexibility index (Phi) is 3.23. The largest absolute Gasteiger partial charge is 0.384 e. The minimum Gasteiger partial charge on any atom is -0.384 e. The Morgan fingerprint density at radius 3 is 2.83 bits per heavy atom. The average Bonchev–Trinajstić information content (AvgIpc) is 2.05. The molecule has 0 spiro atoms. The molecule has 0 fully saturated rings. The Labute approximate surface area is 72.2 Å². The zero-order valence-corrected chi connectivity index (χ0v) is 7.30. The van der Waals surface area contributed by atoms with Crippen LogP contribution < -0.4 is 0 Å². The van der Waals surface area contributed by atoms with Crippen LogP contribution in [0, 0.1) is 11.7 Å². The van der Waals surface area contributed by atoms with E-state index in [0.717, 1.165) is 11.5 Å². The summed E-state index contributed by atoms with van der Waals surface area (Å²) in [5, 5.41) is 0. The van der Waals surface area contributed by atoms with Crippen LogP contribution in [0.3, 0.4) is 0 Å². The topological polar surface area (TPSA) is 9.23 Å². The molecule has 2 heteroatoms. The van der Waals surface area contributed by atoms with Crippen LogP contribution in [0.1, 0.15) is 12.5 Å². The van der Waals surface area contributed by atoms with E-state index < -0.39 is 0 Å². The molecule has 0 heterocycles. The highest BCUT2D eigenvalue weighted by molar-refractivity contribution is 5.29. The highest BCUT2D eigenvalue weighted by Crippen LogP contribution is 2.14. The lowest BCUT2D eigenvalue weighted by Crippen LogP contribution is -2.02. The molecule has 0 aliphatic carbocycles. The van der Waals surface area contributed by atoms with E-state index in [9.17, 15) is 4.39 Å². The molecular weight excluding hydrogens is 155 g/mol. The second-order valence-corrected chi connectivity index (χ2v) is 2.72. The minimum absolute atomic E-state index is 0.206. The molecule has 1 radical (unpaired) electrons. The molecule has 12 heavy (non-hydrogen) atoms. The van der Waals surface area contributed by atoms with Crippen molar-refractivity contribution in [3.05, 3.63) is 41.6 Å². The normalized spacial score (nSPS) is 10.7. The Morgan fingerprint density at radius 1 is 1.50 bits per heavy atom. The second-order valence-electron chi connectivity index (χ2n) is 2.72. The summed E-state index contributed by atoms with van der Waals surface area (Å²) in [4.78, 5) is 0. The fourth-order valence-corrected chi connectivity index (χ4v) is 1.05. The van der Waals surface area contributed by atoms with Crippen molar-refractivity contribution in [1.29, 1.82) is 0 Å². The first-order valence-electron chi connectivity index (χ1n) is 3.81. The molecule has 0 N–H and O–H groups in total. The average molecular weight is 167 g/mol. The van der Waals surface area contributed by atoms with Gasteiger partial charge in [-0.15, -0.1) is 0 Å². The first-order chi connectivity index (χ1) is 5.74. The third-order valence-corrected chi connectivity index (χ3v) is 1.68. The molecule has 0 atom stereocenters. The van der Waals surface area contributed by atoms with Crippen LogP contribution in [0.2, 0.25) is 0 Å². The molecule has 0 bridgehead atoms. The number of methoxy groups -OCH3 is 1. The molecule has 1 rings (SSSR count). The van der Waals surface area contributed by atoms with Gasteiger partial charge in [0.2, 0.25) is 0 Å². The van der Waals surface area contributed by atoms with Gasteiger partial charge in [0, 0.05) is 13.0 Å². The van der Waals surface area contributed by atoms with E-state index in [4.69, 9.17) is 4.74 Å². The number of benzene rings is 1. The molecule has 1 aromatic carbocycles. The van der Waals surface area contributed by atoms with Crippen molar-refractivity contribution in [3.8, 4) is 0 Å². The lowest BCUT2D eigenvalue weighted by atomic mass is 10.0. The smallest absolute Gasteiger partial charge is 0.123 e. The summed E-state index contributed by atoms with van der Waals surface area (Å²) in [6.45, 7) is 2.47. The Balaban J connectivity index is 2.73. The van der Waals surface area contributed by atoms with Crippen molar-refractivity contribution >= 4 is 0 Å². The summed E-state index contributed by atoms with van der Waals surface area (Å²) in [7, 11) is 1.63. The number of ether oxygens (including phenoxy) is 1. The van der Waals surface area contributed by atoms with E-state index in [0.29, 0.717) is 6.61 Å². The highest BCUT2D eigenvalue weighted by atomic mass is 19.1. The lowest BCUT2D eigenvalue weighted by Gasteiger charge is -2.08. The molecular formula is C10H12FO. The summed E-state index contributed by atoms with van der Waals surface area (Å²) in [5.41, 5.74) is 0.900. The summed E-state index contributed by atoms with van der Waals surface area (Å²) in [6.07, 6.45) is 0. The van der Waals surface area contributed by atoms with Gasteiger partial charge in [-0.1, -0.05) is 19.1 Å². The summed E-state index contributed by atoms with van der Waals surface area (Å²) in [6, 6.07) is 6.51. The summed E-state index contributed by atoms with van der Waals surface area (Å²) in [5.74, 6) is 0.833. The maximum absolute atomic E-state index is 12.7. The molecule has 0 unspecified atom stereocenters. The maximum Gasteiger partial charge on any atom is 0.123 e. The molecule has 0 aliphatic rings. The standard InChI is InChI=1S/C10H12FO/c1-8(7-12-2)9-4-3-5-10(11)6-9/h3-6H,7H2,1-2H3. The van der Waals surface area contributed by atoms with E-state index in [-0.39, 0.29) is 5.82 Å². The van der Waals surface area contributed by atoms with E-state index >= 15 is 0 Å². The fourth-order valence-electron chi connectivity index (χ4n) is 1.05. The molecule has 1 aromatic rings. The monoisotopic (exact) mass is 167 g/mol. The minimum atomic E-state index is -0.206. The van der Waals surface area contributed by atoms with E-state index in [2.05, 4.69) is 0 Å². The first kappa shape index (κ1) is 9.20. The van der Waals surface area contributed by atoms with Crippen LogP contribution in [0.25, 0.3) is 0 Å². The zero-order valence-electron chi connectivity index (χ0n) is 7.30. The summed E-state index contributed by atoms with van der Waals surface area (Å²) < 4.78 is 17.7. The van der Waals surface area contributed by atoms with Crippen molar-refractivity contribution in [2.75, 3.05) is 13.7 Å². The summed E-state index contributed by atoms with van der Waals surface area (Å²) >= 11 is 0. The van der Waals surface area contributed by atoms with Crippen LogP contribution in [-0.4, -0.2) is 13.7 Å². The molecule has 0 saturated heterocycles. The van der Waals surface area contributed by atoms with Gasteiger partial charge in [-0.25, -0.2) is 4.39 Å². The van der Waals surface area contributed by atoms with E-state index in [1.165, 1.54) is 12.1 Å². The quantitative estimate of drug-likeness (QED) is 0.671. The van der Waals surface area contributed by atoms with Gasteiger partial charge in [-0.2, -0.15) is 0 Å². The van der Waals surface area contributed by atoms with Crippen LogP contribution in [-0.2, 0) is 4.74 Å². The van der Waals surface area contributed by atoms with Crippen molar-refractivity contribution in [2.24, 2.45) is 0 Å². The second kappa shape index (κ2) is 4.21. The predicted octanol–water partition coefficient (Wildman–Crippen LogP) is 2.41. The van der Waals surface area contributed by atoms with Crippen molar-refractivity contribution in [3.63, 3.8) is 0 Å². The van der Waals surface area contributed by atoms with Crippen LogP contribution in [0.4, 0.5) is 4.39 Å². The van der Waals surface area contributed by atoms with Gasteiger partial charge in [0.25, 0.3) is 0 Å². The van der Waals surface area contributed by atoms with Crippen molar-refractivity contribution in [2.45, 2.75) is 6.92 Å².